The van der Waals surface area contributed by atoms with Crippen molar-refractivity contribution in [1.29, 1.82) is 0 Å². The van der Waals surface area contributed by atoms with Gasteiger partial charge in [0.2, 0.25) is 5.24 Å². The molecule has 0 rings (SSSR count). The summed E-state index contributed by atoms with van der Waals surface area (Å²) in [5, 5.41) is -0.440. The normalized spacial score (nSPS) is 16.9. The van der Waals surface area contributed by atoms with Gasteiger partial charge in [-0.3, -0.25) is 4.79 Å². The molecule has 2 atom stereocenters. The van der Waals surface area contributed by atoms with E-state index in [2.05, 4.69) is 0 Å². The zero-order valence-corrected chi connectivity index (χ0v) is 6.48. The molecule has 0 aliphatic heterocycles. The zero-order chi connectivity index (χ0) is 7.44. The quantitative estimate of drug-likeness (QED) is 0.612. The van der Waals surface area contributed by atoms with Gasteiger partial charge >= 0.3 is 0 Å². The predicted molar refractivity (Wildman–Crippen MR) is 38.3 cm³/mol. The van der Waals surface area contributed by atoms with E-state index in [1.807, 2.05) is 13.8 Å². The molecule has 0 aliphatic carbocycles. The summed E-state index contributed by atoms with van der Waals surface area (Å²) in [6.45, 7) is 3.88. The Bertz CT molecular complexity index is 105. The van der Waals surface area contributed by atoms with Crippen molar-refractivity contribution in [3.8, 4) is 0 Å². The maximum atomic E-state index is 10.4. The molecule has 0 amide bonds. The monoisotopic (exact) mass is 149 g/mol. The van der Waals surface area contributed by atoms with E-state index >= 15 is 0 Å². The van der Waals surface area contributed by atoms with Crippen LogP contribution in [-0.4, -0.2) is 11.3 Å². The Morgan fingerprint density at radius 2 is 2.22 bits per heavy atom. The van der Waals surface area contributed by atoms with Crippen molar-refractivity contribution in [2.45, 2.75) is 26.3 Å². The lowest BCUT2D eigenvalue weighted by molar-refractivity contribution is -0.113. The number of rotatable bonds is 3. The molecule has 0 aromatic carbocycles. The van der Waals surface area contributed by atoms with E-state index in [4.69, 9.17) is 17.3 Å². The third-order valence-corrected chi connectivity index (χ3v) is 1.77. The molecule has 2 nitrogen and oxygen atoms in total. The summed E-state index contributed by atoms with van der Waals surface area (Å²) in [4.78, 5) is 10.4. The van der Waals surface area contributed by atoms with Gasteiger partial charge in [-0.15, -0.1) is 0 Å². The van der Waals surface area contributed by atoms with Gasteiger partial charge < -0.3 is 5.73 Å². The summed E-state index contributed by atoms with van der Waals surface area (Å²) < 4.78 is 0. The smallest absolute Gasteiger partial charge is 0.238 e. The molecule has 0 aromatic heterocycles. The summed E-state index contributed by atoms with van der Waals surface area (Å²) >= 11 is 5.14. The minimum atomic E-state index is -0.489. The molecule has 0 saturated heterocycles. The highest BCUT2D eigenvalue weighted by atomic mass is 35.5. The van der Waals surface area contributed by atoms with Crippen LogP contribution in [0.25, 0.3) is 0 Å². The fraction of sp³-hybridized carbons (Fsp3) is 0.833. The van der Waals surface area contributed by atoms with Crippen molar-refractivity contribution >= 4 is 16.8 Å². The number of carbonyl (C=O) groups is 1. The van der Waals surface area contributed by atoms with Crippen molar-refractivity contribution in [3.63, 3.8) is 0 Å². The van der Waals surface area contributed by atoms with Crippen molar-refractivity contribution in [1.82, 2.24) is 0 Å². The minimum Gasteiger partial charge on any atom is -0.320 e. The summed E-state index contributed by atoms with van der Waals surface area (Å²) in [5.41, 5.74) is 5.39. The van der Waals surface area contributed by atoms with Crippen LogP contribution in [0.15, 0.2) is 0 Å². The molecule has 0 aromatic rings. The first-order chi connectivity index (χ1) is 4.09. The first-order valence-electron chi connectivity index (χ1n) is 3.04. The van der Waals surface area contributed by atoms with E-state index in [1.165, 1.54) is 0 Å². The lowest BCUT2D eigenvalue weighted by atomic mass is 10.0. The van der Waals surface area contributed by atoms with E-state index in [9.17, 15) is 4.79 Å². The van der Waals surface area contributed by atoms with E-state index < -0.39 is 11.3 Å². The lowest BCUT2D eigenvalue weighted by Crippen LogP contribution is -2.33. The van der Waals surface area contributed by atoms with Crippen LogP contribution in [0.5, 0.6) is 0 Å². The van der Waals surface area contributed by atoms with Crippen LogP contribution in [0, 0.1) is 5.92 Å². The maximum absolute atomic E-state index is 10.4. The molecule has 0 saturated carbocycles. The fourth-order valence-electron chi connectivity index (χ4n) is 0.478. The molecule has 0 bridgehead atoms. The van der Waals surface area contributed by atoms with E-state index in [0.717, 1.165) is 6.42 Å². The molecule has 0 fully saturated rings. The number of halogens is 1. The second-order valence-corrected chi connectivity index (χ2v) is 2.59. The van der Waals surface area contributed by atoms with Gasteiger partial charge in [0.1, 0.15) is 0 Å². The van der Waals surface area contributed by atoms with Crippen LogP contribution in [0.3, 0.4) is 0 Å². The number of hydrogen-bond acceptors (Lipinski definition) is 2. The van der Waals surface area contributed by atoms with Crippen LogP contribution in [0.1, 0.15) is 20.3 Å². The Balaban J connectivity index is 3.72. The molecule has 0 heterocycles. The average molecular weight is 150 g/mol. The Labute approximate surface area is 60.4 Å². The van der Waals surface area contributed by atoms with Gasteiger partial charge in [0.15, 0.2) is 0 Å². The van der Waals surface area contributed by atoms with E-state index in [-0.39, 0.29) is 5.92 Å². The molecular weight excluding hydrogens is 138 g/mol. The first-order valence-corrected chi connectivity index (χ1v) is 3.42. The highest BCUT2D eigenvalue weighted by Crippen LogP contribution is 2.06. The molecular formula is C6H12ClNO. The highest BCUT2D eigenvalue weighted by Gasteiger charge is 2.16. The summed E-state index contributed by atoms with van der Waals surface area (Å²) in [6.07, 6.45) is 0.889. The van der Waals surface area contributed by atoms with Gasteiger partial charge in [0, 0.05) is 0 Å². The summed E-state index contributed by atoms with van der Waals surface area (Å²) in [5.74, 6) is 0.190. The van der Waals surface area contributed by atoms with Crippen LogP contribution >= 0.6 is 11.6 Å². The molecule has 3 heteroatoms. The second-order valence-electron chi connectivity index (χ2n) is 2.22. The molecule has 54 valence electrons. The second kappa shape index (κ2) is 3.85. The van der Waals surface area contributed by atoms with Gasteiger partial charge in [0.05, 0.1) is 6.04 Å². The van der Waals surface area contributed by atoms with Crippen LogP contribution in [-0.2, 0) is 4.79 Å². The Morgan fingerprint density at radius 3 is 2.33 bits per heavy atom. The van der Waals surface area contributed by atoms with Gasteiger partial charge in [-0.2, -0.15) is 0 Å². The average Bonchev–Trinajstić information content (AvgIpc) is 1.84. The van der Waals surface area contributed by atoms with Gasteiger partial charge in [-0.05, 0) is 17.5 Å². The van der Waals surface area contributed by atoms with Crippen LogP contribution in [0.4, 0.5) is 0 Å². The molecule has 0 radical (unpaired) electrons. The van der Waals surface area contributed by atoms with E-state index in [0.29, 0.717) is 0 Å². The van der Waals surface area contributed by atoms with Crippen LogP contribution < -0.4 is 5.73 Å². The van der Waals surface area contributed by atoms with Gasteiger partial charge in [-0.25, -0.2) is 0 Å². The number of hydrogen-bond donors (Lipinski definition) is 1. The number of carbonyl (C=O) groups excluding carboxylic acids is 1. The fourth-order valence-corrected chi connectivity index (χ4v) is 0.693. The Hall–Kier alpha value is -0.0800. The van der Waals surface area contributed by atoms with Crippen molar-refractivity contribution in [2.24, 2.45) is 11.7 Å². The molecule has 2 N–H and O–H groups in total. The lowest BCUT2D eigenvalue weighted by Gasteiger charge is -2.12. The first kappa shape index (κ1) is 8.92. The highest BCUT2D eigenvalue weighted by molar-refractivity contribution is 6.64. The van der Waals surface area contributed by atoms with Gasteiger partial charge in [0.25, 0.3) is 0 Å². The molecule has 9 heavy (non-hydrogen) atoms. The summed E-state index contributed by atoms with van der Waals surface area (Å²) in [6, 6.07) is -0.489. The van der Waals surface area contributed by atoms with Crippen LogP contribution in [0.2, 0.25) is 0 Å². The van der Waals surface area contributed by atoms with Crippen molar-refractivity contribution in [3.05, 3.63) is 0 Å². The maximum Gasteiger partial charge on any atom is 0.238 e. The van der Waals surface area contributed by atoms with E-state index in [1.54, 1.807) is 0 Å². The molecule has 2 unspecified atom stereocenters. The summed E-state index contributed by atoms with van der Waals surface area (Å²) in [7, 11) is 0. The zero-order valence-electron chi connectivity index (χ0n) is 5.73. The minimum absolute atomic E-state index is 0.190. The Morgan fingerprint density at radius 1 is 1.78 bits per heavy atom. The standard InChI is InChI=1S/C6H12ClNO/c1-3-4(2)5(8)6(7)9/h4-5H,3,8H2,1-2H3. The largest absolute Gasteiger partial charge is 0.320 e. The third-order valence-electron chi connectivity index (χ3n) is 1.52. The van der Waals surface area contributed by atoms with Crippen molar-refractivity contribution < 1.29 is 4.79 Å². The predicted octanol–water partition coefficient (Wildman–Crippen LogP) is 1.13. The van der Waals surface area contributed by atoms with Crippen molar-refractivity contribution in [2.75, 3.05) is 0 Å². The topological polar surface area (TPSA) is 43.1 Å². The molecule has 0 aliphatic rings. The molecule has 0 spiro atoms. The third kappa shape index (κ3) is 2.82. The SMILES string of the molecule is CCC(C)C(N)C(=O)Cl. The number of nitrogens with two attached hydrogens (primary N) is 1. The van der Waals surface area contributed by atoms with Gasteiger partial charge in [-0.1, -0.05) is 20.3 Å². The Kier molecular flexibility index (Phi) is 3.82.